The second kappa shape index (κ2) is 6.64. The Balaban J connectivity index is 1.85. The van der Waals surface area contributed by atoms with Crippen LogP contribution in [-0.4, -0.2) is 51.8 Å². The largest absolute Gasteiger partial charge is 0.497 e. The number of hydrogen-bond acceptors (Lipinski definition) is 6. The van der Waals surface area contributed by atoms with Crippen LogP contribution >= 0.6 is 0 Å². The van der Waals surface area contributed by atoms with Gasteiger partial charge in [0.25, 0.3) is 0 Å². The highest BCUT2D eigenvalue weighted by atomic mass is 16.5. The van der Waals surface area contributed by atoms with Gasteiger partial charge >= 0.3 is 0 Å². The molecule has 1 aromatic heterocycles. The standard InChI is InChI=1S/C15H19N5O3/c1-22-11-5-6-14(23-2)12(8-11)13-4-3-7-20(13)15(21)9-19-10-16-17-18-19/h5-6,8,10,13H,3-4,7,9H2,1-2H3. The van der Waals surface area contributed by atoms with Gasteiger partial charge in [-0.1, -0.05) is 0 Å². The van der Waals surface area contributed by atoms with Gasteiger partial charge in [0.1, 0.15) is 24.4 Å². The summed E-state index contributed by atoms with van der Waals surface area (Å²) in [6.07, 6.45) is 3.28. The predicted octanol–water partition coefficient (Wildman–Crippen LogP) is 1.05. The molecule has 8 nitrogen and oxygen atoms in total. The van der Waals surface area contributed by atoms with E-state index in [4.69, 9.17) is 9.47 Å². The Labute approximate surface area is 134 Å². The van der Waals surface area contributed by atoms with Crippen LogP contribution in [-0.2, 0) is 11.3 Å². The first-order chi connectivity index (χ1) is 11.2. The monoisotopic (exact) mass is 317 g/mol. The van der Waals surface area contributed by atoms with Crippen LogP contribution in [0.3, 0.4) is 0 Å². The molecule has 1 saturated heterocycles. The Bertz CT molecular complexity index is 674. The fourth-order valence-electron chi connectivity index (χ4n) is 2.97. The molecule has 0 saturated carbocycles. The maximum atomic E-state index is 12.6. The number of amides is 1. The molecule has 0 aliphatic carbocycles. The van der Waals surface area contributed by atoms with Crippen molar-refractivity contribution in [1.82, 2.24) is 25.1 Å². The normalized spacial score (nSPS) is 17.3. The third-order valence-corrected chi connectivity index (χ3v) is 4.06. The van der Waals surface area contributed by atoms with Crippen molar-refractivity contribution in [2.75, 3.05) is 20.8 Å². The van der Waals surface area contributed by atoms with Crippen molar-refractivity contribution in [3.63, 3.8) is 0 Å². The smallest absolute Gasteiger partial charge is 0.244 e. The molecular weight excluding hydrogens is 298 g/mol. The van der Waals surface area contributed by atoms with E-state index in [1.807, 2.05) is 23.1 Å². The second-order valence-electron chi connectivity index (χ2n) is 5.36. The predicted molar refractivity (Wildman–Crippen MR) is 81.1 cm³/mol. The molecule has 8 heteroatoms. The van der Waals surface area contributed by atoms with Gasteiger partial charge in [0.15, 0.2) is 0 Å². The van der Waals surface area contributed by atoms with Gasteiger partial charge < -0.3 is 14.4 Å². The molecule has 1 aliphatic rings. The Morgan fingerprint density at radius 3 is 2.91 bits per heavy atom. The van der Waals surface area contributed by atoms with Crippen LogP contribution in [0.15, 0.2) is 24.5 Å². The van der Waals surface area contributed by atoms with Gasteiger partial charge in [0, 0.05) is 12.1 Å². The number of ether oxygens (including phenoxy) is 2. The lowest BCUT2D eigenvalue weighted by molar-refractivity contribution is -0.133. The Morgan fingerprint density at radius 2 is 2.22 bits per heavy atom. The van der Waals surface area contributed by atoms with E-state index < -0.39 is 0 Å². The van der Waals surface area contributed by atoms with Crippen LogP contribution in [0.1, 0.15) is 24.4 Å². The van der Waals surface area contributed by atoms with Crippen molar-refractivity contribution >= 4 is 5.91 Å². The Kier molecular flexibility index (Phi) is 4.40. The molecule has 1 aromatic carbocycles. The lowest BCUT2D eigenvalue weighted by Crippen LogP contribution is -2.33. The summed E-state index contributed by atoms with van der Waals surface area (Å²) in [5, 5.41) is 10.9. The van der Waals surface area contributed by atoms with Gasteiger partial charge in [-0.2, -0.15) is 0 Å². The van der Waals surface area contributed by atoms with E-state index in [1.54, 1.807) is 14.2 Å². The van der Waals surface area contributed by atoms with E-state index in [9.17, 15) is 4.79 Å². The van der Waals surface area contributed by atoms with E-state index in [2.05, 4.69) is 15.5 Å². The van der Waals surface area contributed by atoms with Crippen molar-refractivity contribution in [2.24, 2.45) is 0 Å². The average molecular weight is 317 g/mol. The molecule has 1 atom stereocenters. The number of tetrazole rings is 1. The molecular formula is C15H19N5O3. The van der Waals surface area contributed by atoms with Crippen LogP contribution in [0.4, 0.5) is 0 Å². The molecule has 1 fully saturated rings. The van der Waals surface area contributed by atoms with Crippen LogP contribution in [0, 0.1) is 0 Å². The molecule has 1 amide bonds. The van der Waals surface area contributed by atoms with Crippen molar-refractivity contribution in [3.05, 3.63) is 30.1 Å². The molecule has 2 aromatic rings. The fraction of sp³-hybridized carbons (Fsp3) is 0.467. The summed E-state index contributed by atoms with van der Waals surface area (Å²) in [5.41, 5.74) is 0.967. The van der Waals surface area contributed by atoms with E-state index in [-0.39, 0.29) is 18.5 Å². The summed E-state index contributed by atoms with van der Waals surface area (Å²) < 4.78 is 12.2. The van der Waals surface area contributed by atoms with E-state index >= 15 is 0 Å². The van der Waals surface area contributed by atoms with Gasteiger partial charge in [-0.25, -0.2) is 4.68 Å². The first kappa shape index (κ1) is 15.3. The average Bonchev–Trinajstić information content (AvgIpc) is 3.25. The van der Waals surface area contributed by atoms with Crippen LogP contribution in [0.25, 0.3) is 0 Å². The van der Waals surface area contributed by atoms with Crippen molar-refractivity contribution in [2.45, 2.75) is 25.4 Å². The zero-order chi connectivity index (χ0) is 16.2. The third-order valence-electron chi connectivity index (χ3n) is 4.06. The van der Waals surface area contributed by atoms with Crippen LogP contribution in [0.5, 0.6) is 11.5 Å². The molecule has 1 unspecified atom stereocenters. The first-order valence-corrected chi connectivity index (χ1v) is 7.45. The third kappa shape index (κ3) is 3.10. The maximum absolute atomic E-state index is 12.6. The summed E-state index contributed by atoms with van der Waals surface area (Å²) in [5.74, 6) is 1.50. The number of aromatic nitrogens is 4. The molecule has 23 heavy (non-hydrogen) atoms. The molecule has 0 spiro atoms. The van der Waals surface area contributed by atoms with Crippen molar-refractivity contribution < 1.29 is 14.3 Å². The number of methoxy groups -OCH3 is 2. The van der Waals surface area contributed by atoms with Crippen LogP contribution in [0.2, 0.25) is 0 Å². The number of likely N-dealkylation sites (tertiary alicyclic amines) is 1. The summed E-state index contributed by atoms with van der Waals surface area (Å²) in [7, 11) is 3.26. The lowest BCUT2D eigenvalue weighted by Gasteiger charge is -2.26. The van der Waals surface area contributed by atoms with Gasteiger partial charge in [-0.3, -0.25) is 4.79 Å². The van der Waals surface area contributed by atoms with Gasteiger partial charge in [-0.15, -0.1) is 5.10 Å². The van der Waals surface area contributed by atoms with E-state index in [0.29, 0.717) is 6.54 Å². The second-order valence-corrected chi connectivity index (χ2v) is 5.36. The molecule has 0 bridgehead atoms. The number of benzene rings is 1. The fourth-order valence-corrected chi connectivity index (χ4v) is 2.97. The number of carbonyl (C=O) groups is 1. The highest BCUT2D eigenvalue weighted by molar-refractivity contribution is 5.77. The molecule has 2 heterocycles. The quantitative estimate of drug-likeness (QED) is 0.820. The van der Waals surface area contributed by atoms with Crippen molar-refractivity contribution in [1.29, 1.82) is 0 Å². The van der Waals surface area contributed by atoms with Crippen molar-refractivity contribution in [3.8, 4) is 11.5 Å². The summed E-state index contributed by atoms with van der Waals surface area (Å²) in [6, 6.07) is 5.64. The first-order valence-electron chi connectivity index (χ1n) is 7.45. The van der Waals surface area contributed by atoms with Gasteiger partial charge in [-0.05, 0) is 41.5 Å². The highest BCUT2D eigenvalue weighted by Crippen LogP contribution is 2.38. The minimum absolute atomic E-state index is 0.00956. The molecule has 3 rings (SSSR count). The Hall–Kier alpha value is -2.64. The maximum Gasteiger partial charge on any atom is 0.244 e. The summed E-state index contributed by atoms with van der Waals surface area (Å²) in [6.45, 7) is 0.849. The highest BCUT2D eigenvalue weighted by Gasteiger charge is 2.32. The minimum Gasteiger partial charge on any atom is -0.497 e. The number of rotatable bonds is 5. The molecule has 122 valence electrons. The van der Waals surface area contributed by atoms with Gasteiger partial charge in [0.2, 0.25) is 5.91 Å². The van der Waals surface area contributed by atoms with Crippen LogP contribution < -0.4 is 9.47 Å². The Morgan fingerprint density at radius 1 is 1.35 bits per heavy atom. The number of hydrogen-bond donors (Lipinski definition) is 0. The zero-order valence-corrected chi connectivity index (χ0v) is 13.2. The van der Waals surface area contributed by atoms with Gasteiger partial charge in [0.05, 0.1) is 20.3 Å². The minimum atomic E-state index is -0.0240. The molecule has 0 N–H and O–H groups in total. The lowest BCUT2D eigenvalue weighted by atomic mass is 10.0. The number of carbonyl (C=O) groups excluding carboxylic acids is 1. The zero-order valence-electron chi connectivity index (χ0n) is 13.2. The topological polar surface area (TPSA) is 82.4 Å². The summed E-state index contributed by atoms with van der Waals surface area (Å²) >= 11 is 0. The van der Waals surface area contributed by atoms with E-state index in [1.165, 1.54) is 11.0 Å². The SMILES string of the molecule is COc1ccc(OC)c(C2CCCN2C(=O)Cn2cnnn2)c1. The molecule has 1 aliphatic heterocycles. The summed E-state index contributed by atoms with van der Waals surface area (Å²) in [4.78, 5) is 14.4. The number of nitrogens with zero attached hydrogens (tertiary/aromatic N) is 5. The molecule has 0 radical (unpaired) electrons. The van der Waals surface area contributed by atoms with E-state index in [0.717, 1.165) is 29.9 Å².